The molecule has 4 N–H and O–H groups in total. The molecule has 4 rings (SSSR count). The van der Waals surface area contributed by atoms with Gasteiger partial charge in [0.25, 0.3) is 20.2 Å². The molecule has 0 spiro atoms. The van der Waals surface area contributed by atoms with Gasteiger partial charge in [0.1, 0.15) is 32.7 Å². The third kappa shape index (κ3) is 8.90. The van der Waals surface area contributed by atoms with Gasteiger partial charge < -0.3 is 20.1 Å². The Kier molecular flexibility index (Phi) is 11.6. The molecule has 0 aliphatic carbocycles. The third-order valence-electron chi connectivity index (χ3n) is 5.22. The van der Waals surface area contributed by atoms with E-state index in [0.29, 0.717) is 10.0 Å². The van der Waals surface area contributed by atoms with Crippen molar-refractivity contribution >= 4 is 84.0 Å². The van der Waals surface area contributed by atoms with E-state index in [4.69, 9.17) is 55.9 Å². The van der Waals surface area contributed by atoms with Crippen LogP contribution < -0.4 is 49.7 Å². The molecule has 0 aromatic heterocycles. The molecule has 0 fully saturated rings. The van der Waals surface area contributed by atoms with Gasteiger partial charge in [0.2, 0.25) is 0 Å². The van der Waals surface area contributed by atoms with Gasteiger partial charge >= 0.3 is 35.6 Å². The monoisotopic (exact) mass is 715 g/mol. The molecular formula is C25H16Cl4N2NaO9S2+. The maximum absolute atomic E-state index is 13.3. The van der Waals surface area contributed by atoms with Crippen LogP contribution in [0.25, 0.3) is 0 Å². The summed E-state index contributed by atoms with van der Waals surface area (Å²) in [6.07, 6.45) is 0. The molecule has 4 aromatic carbocycles. The number of anilines is 2. The molecule has 43 heavy (non-hydrogen) atoms. The van der Waals surface area contributed by atoms with E-state index in [1.807, 2.05) is 0 Å². The average Bonchev–Trinajstić information content (AvgIpc) is 2.88. The smallest absolute Gasteiger partial charge is 0.455 e. The molecule has 0 bridgehead atoms. The van der Waals surface area contributed by atoms with Crippen LogP contribution in [0.1, 0.15) is 0 Å². The van der Waals surface area contributed by atoms with E-state index in [-0.39, 0.29) is 52.6 Å². The van der Waals surface area contributed by atoms with Crippen LogP contribution in [0.15, 0.2) is 82.6 Å². The summed E-state index contributed by atoms with van der Waals surface area (Å²) < 4.78 is 80.1. The number of hydrogen-bond donors (Lipinski definition) is 4. The number of rotatable bonds is 8. The summed E-state index contributed by atoms with van der Waals surface area (Å²) in [5, 5.41) is 4.16. The molecule has 0 aliphatic rings. The van der Waals surface area contributed by atoms with Gasteiger partial charge in [0.15, 0.2) is 11.5 Å². The first-order valence-electron chi connectivity index (χ1n) is 11.2. The zero-order valence-electron chi connectivity index (χ0n) is 21.5. The van der Waals surface area contributed by atoms with E-state index in [0.717, 1.165) is 12.1 Å². The molecule has 11 nitrogen and oxygen atoms in total. The second kappa shape index (κ2) is 14.2. The fourth-order valence-electron chi connectivity index (χ4n) is 3.51. The minimum atomic E-state index is -5.06. The van der Waals surface area contributed by atoms with Crippen LogP contribution in [0.2, 0.25) is 20.1 Å². The standard InChI is InChI=1S/C25H16Cl4N2O9S2.Na/c26-13-1-5-15(6-2-13)39-19-11-9-17(28)23(41(33,34)35)21(19)30-25(32)31-22-20(40-16-7-3-14(27)4-8-16)12-10-18(29)24(22)42(36,37)38;/h1-12H,(H2,30,31,32)(H,33,34,35)(H,36,37,38);/q;+1. The first kappa shape index (κ1) is 35.2. The Morgan fingerprint density at radius 1 is 0.581 bits per heavy atom. The molecule has 0 unspecified atom stereocenters. The molecule has 0 saturated carbocycles. The van der Waals surface area contributed by atoms with Gasteiger partial charge in [-0.15, -0.1) is 0 Å². The van der Waals surface area contributed by atoms with Crippen LogP contribution in [-0.2, 0) is 20.2 Å². The van der Waals surface area contributed by atoms with Crippen molar-refractivity contribution < 1.29 is 69.8 Å². The SMILES string of the molecule is O=C(Nc1c(Oc2ccc(Cl)cc2)ccc(Cl)c1S(=O)(=O)O)Nc1c(Oc2ccc(Cl)cc2)ccc(Cl)c1S(=O)(=O)O.[Na+]. The Morgan fingerprint density at radius 2 is 0.907 bits per heavy atom. The molecule has 220 valence electrons. The molecule has 0 saturated heterocycles. The van der Waals surface area contributed by atoms with Crippen molar-refractivity contribution in [3.63, 3.8) is 0 Å². The van der Waals surface area contributed by atoms with Gasteiger partial charge in [-0.2, -0.15) is 16.8 Å². The van der Waals surface area contributed by atoms with E-state index in [2.05, 4.69) is 10.6 Å². The maximum Gasteiger partial charge on any atom is 1.00 e. The summed E-state index contributed by atoms with van der Waals surface area (Å²) in [7, 11) is -10.1. The number of carbonyl (C=O) groups is 1. The molecule has 0 aliphatic heterocycles. The molecule has 4 aromatic rings. The quantitative estimate of drug-likeness (QED) is 0.144. The number of benzene rings is 4. The van der Waals surface area contributed by atoms with Crippen LogP contribution in [0.5, 0.6) is 23.0 Å². The summed E-state index contributed by atoms with van der Waals surface area (Å²) in [4.78, 5) is 11.4. The van der Waals surface area contributed by atoms with Gasteiger partial charge in [-0.25, -0.2) is 4.79 Å². The first-order valence-corrected chi connectivity index (χ1v) is 15.6. The Hall–Kier alpha value is -2.27. The third-order valence-corrected chi connectivity index (χ3v) is 8.46. The summed E-state index contributed by atoms with van der Waals surface area (Å²) in [6, 6.07) is 15.0. The van der Waals surface area contributed by atoms with Gasteiger partial charge in [-0.05, 0) is 72.8 Å². The van der Waals surface area contributed by atoms with Crippen LogP contribution >= 0.6 is 46.4 Å². The largest absolute Gasteiger partial charge is 1.00 e. The van der Waals surface area contributed by atoms with Crippen LogP contribution in [0.4, 0.5) is 16.2 Å². The van der Waals surface area contributed by atoms with Crippen molar-refractivity contribution in [2.75, 3.05) is 10.6 Å². The van der Waals surface area contributed by atoms with Gasteiger partial charge in [0.05, 0.1) is 10.0 Å². The number of urea groups is 1. The Bertz CT molecular complexity index is 1760. The van der Waals surface area contributed by atoms with Crippen LogP contribution in [-0.4, -0.2) is 32.0 Å². The van der Waals surface area contributed by atoms with Crippen molar-refractivity contribution in [2.45, 2.75) is 9.79 Å². The summed E-state index contributed by atoms with van der Waals surface area (Å²) in [6.45, 7) is 0. The number of carbonyl (C=O) groups excluding carboxylic acids is 1. The molecule has 0 radical (unpaired) electrons. The Labute approximate surface area is 287 Å². The topological polar surface area (TPSA) is 168 Å². The predicted octanol–water partition coefficient (Wildman–Crippen LogP) is 5.03. The predicted molar refractivity (Wildman–Crippen MR) is 158 cm³/mol. The van der Waals surface area contributed by atoms with E-state index in [1.54, 1.807) is 0 Å². The Balaban J connectivity index is 0.00000506. The number of ether oxygens (including phenoxy) is 2. The van der Waals surface area contributed by atoms with E-state index in [9.17, 15) is 30.7 Å². The van der Waals surface area contributed by atoms with Crippen LogP contribution in [0.3, 0.4) is 0 Å². The first-order chi connectivity index (χ1) is 19.6. The molecule has 0 atom stereocenters. The number of amides is 2. The zero-order chi connectivity index (χ0) is 30.8. The van der Waals surface area contributed by atoms with E-state index >= 15 is 0 Å². The van der Waals surface area contributed by atoms with Gasteiger partial charge in [0, 0.05) is 10.0 Å². The molecular weight excluding hydrogens is 701 g/mol. The second-order valence-electron chi connectivity index (χ2n) is 8.14. The van der Waals surface area contributed by atoms with Gasteiger partial charge in [-0.3, -0.25) is 9.11 Å². The zero-order valence-corrected chi connectivity index (χ0v) is 28.2. The van der Waals surface area contributed by atoms with Crippen LogP contribution in [0, 0.1) is 0 Å². The number of nitrogens with one attached hydrogen (secondary N) is 2. The van der Waals surface area contributed by atoms with Crippen molar-refractivity contribution in [3.8, 4) is 23.0 Å². The fourth-order valence-corrected chi connectivity index (χ4v) is 6.11. The summed E-state index contributed by atoms with van der Waals surface area (Å²) >= 11 is 23.9. The minimum absolute atomic E-state index is 0. The normalized spacial score (nSPS) is 11.3. The summed E-state index contributed by atoms with van der Waals surface area (Å²) in [5.74, 6) is -0.256. The number of halogens is 4. The van der Waals surface area contributed by atoms with Gasteiger partial charge in [-0.1, -0.05) is 46.4 Å². The second-order valence-corrected chi connectivity index (χ2v) is 12.5. The van der Waals surface area contributed by atoms with Crippen molar-refractivity contribution in [3.05, 3.63) is 92.9 Å². The van der Waals surface area contributed by atoms with E-state index in [1.165, 1.54) is 60.7 Å². The average molecular weight is 717 g/mol. The maximum atomic E-state index is 13.3. The van der Waals surface area contributed by atoms with Crippen molar-refractivity contribution in [2.24, 2.45) is 0 Å². The Morgan fingerprint density at radius 3 is 1.21 bits per heavy atom. The molecule has 2 amide bonds. The van der Waals surface area contributed by atoms with E-state index < -0.39 is 57.5 Å². The fraction of sp³-hybridized carbons (Fsp3) is 0. The minimum Gasteiger partial charge on any atom is -0.455 e. The number of hydrogen-bond acceptors (Lipinski definition) is 7. The van der Waals surface area contributed by atoms with Crippen molar-refractivity contribution in [1.29, 1.82) is 0 Å². The van der Waals surface area contributed by atoms with Crippen molar-refractivity contribution in [1.82, 2.24) is 0 Å². The molecule has 18 heteroatoms. The molecule has 0 heterocycles. The summed E-state index contributed by atoms with van der Waals surface area (Å²) in [5.41, 5.74) is -1.24.